The highest BCUT2D eigenvalue weighted by Gasteiger charge is 2.22. The fourth-order valence-corrected chi connectivity index (χ4v) is 2.00. The molecule has 17 heavy (non-hydrogen) atoms. The Morgan fingerprint density at radius 3 is 2.35 bits per heavy atom. The molecule has 3 nitrogen and oxygen atoms in total. The van der Waals surface area contributed by atoms with Crippen molar-refractivity contribution < 1.29 is 9.47 Å². The van der Waals surface area contributed by atoms with E-state index in [2.05, 4.69) is 12.1 Å². The minimum absolute atomic E-state index is 0.0105. The number of ether oxygens (including phenoxy) is 2. The van der Waals surface area contributed by atoms with Crippen LogP contribution in [-0.2, 0) is 0 Å². The average molecular weight is 229 g/mol. The summed E-state index contributed by atoms with van der Waals surface area (Å²) >= 11 is 0. The van der Waals surface area contributed by atoms with Gasteiger partial charge in [-0.1, -0.05) is 24.3 Å². The predicted molar refractivity (Wildman–Crippen MR) is 67.5 cm³/mol. The third kappa shape index (κ3) is 1.83. The molecule has 0 N–H and O–H groups in total. The smallest absolute Gasteiger partial charge is 0.186 e. The predicted octanol–water partition coefficient (Wildman–Crippen LogP) is 2.50. The quantitative estimate of drug-likeness (QED) is 0.750. The van der Waals surface area contributed by atoms with Crippen molar-refractivity contribution in [2.75, 3.05) is 20.7 Å². The third-order valence-corrected chi connectivity index (χ3v) is 3.03. The Hall–Kier alpha value is -1.74. The molecule has 0 radical (unpaired) electrons. The second-order valence-corrected chi connectivity index (χ2v) is 4.49. The van der Waals surface area contributed by atoms with Crippen LogP contribution >= 0.6 is 0 Å². The lowest BCUT2D eigenvalue weighted by atomic mass is 10.1. The molecule has 0 fully saturated rings. The highest BCUT2D eigenvalue weighted by molar-refractivity contribution is 5.86. The molecule has 88 valence electrons. The van der Waals surface area contributed by atoms with Crippen molar-refractivity contribution in [2.24, 2.45) is 0 Å². The largest absolute Gasteiger partial charge is 0.484 e. The molecule has 0 saturated heterocycles. The molecular weight excluding hydrogens is 214 g/mol. The van der Waals surface area contributed by atoms with Gasteiger partial charge in [-0.2, -0.15) is 0 Å². The lowest BCUT2D eigenvalue weighted by molar-refractivity contribution is -0.00172. The maximum atomic E-state index is 5.90. The first-order chi connectivity index (χ1) is 8.24. The van der Waals surface area contributed by atoms with Crippen LogP contribution in [0.15, 0.2) is 36.4 Å². The molecule has 1 aliphatic heterocycles. The van der Waals surface area contributed by atoms with E-state index in [9.17, 15) is 0 Å². The lowest BCUT2D eigenvalue weighted by Crippen LogP contribution is -2.40. The highest BCUT2D eigenvalue weighted by atomic mass is 16.6. The second kappa shape index (κ2) is 3.93. The summed E-state index contributed by atoms with van der Waals surface area (Å²) < 4.78 is 11.6. The number of rotatable bonds is 1. The van der Waals surface area contributed by atoms with Crippen LogP contribution in [0.25, 0.3) is 10.8 Å². The molecule has 0 aliphatic carbocycles. The molecular formula is C14H15NO2. The molecule has 1 atom stereocenters. The van der Waals surface area contributed by atoms with Crippen molar-refractivity contribution >= 4 is 10.8 Å². The third-order valence-electron chi connectivity index (χ3n) is 3.03. The van der Waals surface area contributed by atoms with Crippen LogP contribution in [0.2, 0.25) is 0 Å². The molecule has 0 spiro atoms. The molecule has 0 amide bonds. The minimum atomic E-state index is -0.0105. The van der Waals surface area contributed by atoms with E-state index in [1.54, 1.807) is 0 Å². The maximum Gasteiger partial charge on any atom is 0.186 e. The molecule has 1 heterocycles. The summed E-state index contributed by atoms with van der Waals surface area (Å²) in [4.78, 5) is 2.01. The van der Waals surface area contributed by atoms with Gasteiger partial charge in [0.25, 0.3) is 0 Å². The van der Waals surface area contributed by atoms with Gasteiger partial charge in [-0.05, 0) is 37.0 Å². The number of fused-ring (bicyclic) bond motifs is 2. The highest BCUT2D eigenvalue weighted by Crippen LogP contribution is 2.35. The van der Waals surface area contributed by atoms with Crippen molar-refractivity contribution in [1.82, 2.24) is 4.90 Å². The van der Waals surface area contributed by atoms with Gasteiger partial charge < -0.3 is 9.47 Å². The Morgan fingerprint density at radius 2 is 1.71 bits per heavy atom. The van der Waals surface area contributed by atoms with Gasteiger partial charge in [0, 0.05) is 0 Å². The number of likely N-dealkylation sites (N-methyl/N-ethyl adjacent to an activating group) is 1. The molecule has 2 aromatic carbocycles. The maximum absolute atomic E-state index is 5.90. The molecule has 3 heteroatoms. The molecule has 2 aromatic rings. The van der Waals surface area contributed by atoms with E-state index in [4.69, 9.17) is 9.47 Å². The van der Waals surface area contributed by atoms with E-state index >= 15 is 0 Å². The van der Waals surface area contributed by atoms with Gasteiger partial charge in [-0.25, -0.2) is 0 Å². The van der Waals surface area contributed by atoms with Gasteiger partial charge in [0.15, 0.2) is 17.7 Å². The first-order valence-electron chi connectivity index (χ1n) is 5.73. The zero-order valence-corrected chi connectivity index (χ0v) is 10.0. The SMILES string of the molecule is CN(C)C1COc2cc3ccccc3cc2O1. The monoisotopic (exact) mass is 229 g/mol. The van der Waals surface area contributed by atoms with Crippen molar-refractivity contribution in [3.8, 4) is 11.5 Å². The molecule has 3 rings (SSSR count). The number of hydrogen-bond acceptors (Lipinski definition) is 3. The standard InChI is InChI=1S/C14H15NO2/c1-15(2)14-9-16-12-7-10-5-3-4-6-11(10)8-13(12)17-14/h3-8,14H,9H2,1-2H3. The van der Waals surface area contributed by atoms with E-state index in [1.165, 1.54) is 10.8 Å². The van der Waals surface area contributed by atoms with Crippen LogP contribution in [0, 0.1) is 0 Å². The van der Waals surface area contributed by atoms with E-state index < -0.39 is 0 Å². The molecule has 0 bridgehead atoms. The topological polar surface area (TPSA) is 21.7 Å². The zero-order valence-electron chi connectivity index (χ0n) is 10.0. The Bertz CT molecular complexity index is 551. The van der Waals surface area contributed by atoms with E-state index in [-0.39, 0.29) is 6.23 Å². The van der Waals surface area contributed by atoms with E-state index in [1.807, 2.05) is 43.3 Å². The van der Waals surface area contributed by atoms with Gasteiger partial charge in [0.05, 0.1) is 0 Å². The average Bonchev–Trinajstić information content (AvgIpc) is 2.35. The van der Waals surface area contributed by atoms with Gasteiger partial charge in [-0.15, -0.1) is 0 Å². The van der Waals surface area contributed by atoms with Crippen LogP contribution in [0.5, 0.6) is 11.5 Å². The molecule has 1 aliphatic rings. The second-order valence-electron chi connectivity index (χ2n) is 4.49. The Balaban J connectivity index is 2.05. The van der Waals surface area contributed by atoms with Crippen LogP contribution in [0.1, 0.15) is 0 Å². The van der Waals surface area contributed by atoms with E-state index in [0.29, 0.717) is 6.61 Å². The normalized spacial score (nSPS) is 18.6. The van der Waals surface area contributed by atoms with Gasteiger partial charge in [0.2, 0.25) is 0 Å². The summed E-state index contributed by atoms with van der Waals surface area (Å²) in [5.41, 5.74) is 0. The Labute approximate surface area is 101 Å². The summed E-state index contributed by atoms with van der Waals surface area (Å²) in [6.07, 6.45) is -0.0105. The number of hydrogen-bond donors (Lipinski definition) is 0. The fourth-order valence-electron chi connectivity index (χ4n) is 2.00. The first kappa shape index (κ1) is 10.4. The van der Waals surface area contributed by atoms with Crippen molar-refractivity contribution in [3.05, 3.63) is 36.4 Å². The summed E-state index contributed by atoms with van der Waals surface area (Å²) in [5.74, 6) is 1.66. The van der Waals surface area contributed by atoms with Crippen LogP contribution in [0.4, 0.5) is 0 Å². The lowest BCUT2D eigenvalue weighted by Gasteiger charge is -2.30. The van der Waals surface area contributed by atoms with Gasteiger partial charge in [0.1, 0.15) is 6.61 Å². The van der Waals surface area contributed by atoms with Crippen molar-refractivity contribution in [2.45, 2.75) is 6.23 Å². The fraction of sp³-hybridized carbons (Fsp3) is 0.286. The summed E-state index contributed by atoms with van der Waals surface area (Å²) in [6.45, 7) is 0.568. The molecule has 0 aromatic heterocycles. The Morgan fingerprint density at radius 1 is 1.06 bits per heavy atom. The van der Waals surface area contributed by atoms with Crippen molar-refractivity contribution in [3.63, 3.8) is 0 Å². The van der Waals surface area contributed by atoms with Gasteiger partial charge in [-0.3, -0.25) is 4.90 Å². The number of benzene rings is 2. The van der Waals surface area contributed by atoms with Gasteiger partial charge >= 0.3 is 0 Å². The van der Waals surface area contributed by atoms with Crippen LogP contribution in [0.3, 0.4) is 0 Å². The molecule has 1 unspecified atom stereocenters. The summed E-state index contributed by atoms with van der Waals surface area (Å²) in [7, 11) is 3.97. The van der Waals surface area contributed by atoms with Crippen molar-refractivity contribution in [1.29, 1.82) is 0 Å². The summed E-state index contributed by atoms with van der Waals surface area (Å²) in [6, 6.07) is 12.3. The summed E-state index contributed by atoms with van der Waals surface area (Å²) in [5, 5.41) is 2.35. The van der Waals surface area contributed by atoms with E-state index in [0.717, 1.165) is 11.5 Å². The minimum Gasteiger partial charge on any atom is -0.484 e. The first-order valence-corrected chi connectivity index (χ1v) is 5.73. The van der Waals surface area contributed by atoms with Crippen LogP contribution in [-0.4, -0.2) is 31.8 Å². The zero-order chi connectivity index (χ0) is 11.8. The molecule has 0 saturated carbocycles. The van der Waals surface area contributed by atoms with Crippen LogP contribution < -0.4 is 9.47 Å². The number of nitrogens with zero attached hydrogens (tertiary/aromatic N) is 1. The Kier molecular flexibility index (Phi) is 2.41.